The summed E-state index contributed by atoms with van der Waals surface area (Å²) in [6.45, 7) is 0.245. The minimum atomic E-state index is 0.245. The summed E-state index contributed by atoms with van der Waals surface area (Å²) in [4.78, 5) is 10.9. The fraction of sp³-hybridized carbons (Fsp3) is 0.125. The third-order valence-corrected chi connectivity index (χ3v) is 1.87. The first-order valence-electron chi connectivity index (χ1n) is 2.97. The van der Waals surface area contributed by atoms with E-state index in [4.69, 9.17) is 11.2 Å². The van der Waals surface area contributed by atoms with Gasteiger partial charge in [-0.3, -0.25) is 4.79 Å². The molecule has 0 aliphatic heterocycles. The smallest absolute Gasteiger partial charge is 0.160 e. The lowest BCUT2D eigenvalue weighted by Crippen LogP contribution is -1.90. The van der Waals surface area contributed by atoms with Crippen molar-refractivity contribution in [2.45, 2.75) is 0 Å². The highest BCUT2D eigenvalue weighted by molar-refractivity contribution is 7.11. The summed E-state index contributed by atoms with van der Waals surface area (Å²) in [5.74, 6) is 3.00. The molecule has 0 aliphatic carbocycles. The number of hydrogen-bond acceptors (Lipinski definition) is 3. The second kappa shape index (κ2) is 3.79. The van der Waals surface area contributed by atoms with E-state index in [1.54, 1.807) is 11.4 Å². The van der Waals surface area contributed by atoms with Crippen LogP contribution in [0.5, 0.6) is 5.75 Å². The summed E-state index contributed by atoms with van der Waals surface area (Å²) < 4.78 is 5.05. The van der Waals surface area contributed by atoms with E-state index in [-0.39, 0.29) is 6.61 Å². The second-order valence-electron chi connectivity index (χ2n) is 1.80. The van der Waals surface area contributed by atoms with E-state index in [1.807, 2.05) is 0 Å². The van der Waals surface area contributed by atoms with Crippen molar-refractivity contribution >= 4 is 17.6 Å². The largest absolute Gasteiger partial charge is 0.480 e. The van der Waals surface area contributed by atoms with Crippen LogP contribution in [0.2, 0.25) is 0 Å². The van der Waals surface area contributed by atoms with Crippen LogP contribution >= 0.6 is 11.3 Å². The Bertz CT molecular complexity index is 283. The predicted octanol–water partition coefficient (Wildman–Crippen LogP) is 1.57. The number of terminal acetylenes is 1. The summed E-state index contributed by atoms with van der Waals surface area (Å²) in [7, 11) is 0. The Morgan fingerprint density at radius 3 is 3.18 bits per heavy atom. The third kappa shape index (κ3) is 2.10. The van der Waals surface area contributed by atoms with Gasteiger partial charge in [0.1, 0.15) is 12.4 Å². The quantitative estimate of drug-likeness (QED) is 0.503. The van der Waals surface area contributed by atoms with Crippen LogP contribution in [0.25, 0.3) is 0 Å². The molecule has 0 bridgehead atoms. The van der Waals surface area contributed by atoms with Crippen LogP contribution in [-0.4, -0.2) is 12.9 Å². The first-order chi connectivity index (χ1) is 5.36. The van der Waals surface area contributed by atoms with Gasteiger partial charge in [-0.1, -0.05) is 5.92 Å². The Morgan fingerprint density at radius 1 is 1.82 bits per heavy atom. The monoisotopic (exact) mass is 166 g/mol. The van der Waals surface area contributed by atoms with E-state index in [0.29, 0.717) is 10.6 Å². The molecule has 1 heterocycles. The van der Waals surface area contributed by atoms with Crippen molar-refractivity contribution < 1.29 is 9.53 Å². The van der Waals surface area contributed by atoms with E-state index in [1.165, 1.54) is 11.3 Å². The molecule has 0 saturated heterocycles. The van der Waals surface area contributed by atoms with Crippen LogP contribution in [0.1, 0.15) is 9.67 Å². The molecule has 0 atom stereocenters. The van der Waals surface area contributed by atoms with Crippen molar-refractivity contribution in [3.05, 3.63) is 16.3 Å². The molecular weight excluding hydrogens is 160 g/mol. The second-order valence-corrected chi connectivity index (χ2v) is 2.74. The van der Waals surface area contributed by atoms with E-state index in [0.717, 1.165) is 6.29 Å². The van der Waals surface area contributed by atoms with Crippen molar-refractivity contribution in [1.82, 2.24) is 0 Å². The minimum Gasteiger partial charge on any atom is -0.480 e. The molecule has 0 spiro atoms. The molecule has 3 heteroatoms. The van der Waals surface area contributed by atoms with Gasteiger partial charge in [-0.2, -0.15) is 0 Å². The topological polar surface area (TPSA) is 26.3 Å². The molecule has 0 aromatic carbocycles. The fourth-order valence-corrected chi connectivity index (χ4v) is 1.22. The molecule has 0 saturated carbocycles. The molecule has 1 aromatic rings. The zero-order valence-corrected chi connectivity index (χ0v) is 6.56. The van der Waals surface area contributed by atoms with E-state index < -0.39 is 0 Å². The standard InChI is InChI=1S/C8H6O2S/c1-2-3-10-7-4-8(5-9)11-6-7/h1,4-6H,3H2. The molecule has 0 radical (unpaired) electrons. The van der Waals surface area contributed by atoms with Crippen LogP contribution in [0, 0.1) is 12.3 Å². The fourth-order valence-electron chi connectivity index (χ4n) is 0.597. The third-order valence-electron chi connectivity index (χ3n) is 1.03. The van der Waals surface area contributed by atoms with Gasteiger partial charge < -0.3 is 4.74 Å². The number of carbonyl (C=O) groups is 1. The Balaban J connectivity index is 2.59. The van der Waals surface area contributed by atoms with Gasteiger partial charge in [0.25, 0.3) is 0 Å². The molecule has 0 aliphatic rings. The van der Waals surface area contributed by atoms with E-state index >= 15 is 0 Å². The molecular formula is C8H6O2S. The Kier molecular flexibility index (Phi) is 2.70. The molecule has 1 rings (SSSR count). The average molecular weight is 166 g/mol. The van der Waals surface area contributed by atoms with Gasteiger partial charge in [0.15, 0.2) is 6.29 Å². The number of hydrogen-bond donors (Lipinski definition) is 0. The average Bonchev–Trinajstić information content (AvgIpc) is 2.48. The summed E-state index contributed by atoms with van der Waals surface area (Å²) in [5, 5.41) is 1.75. The van der Waals surface area contributed by atoms with Crippen molar-refractivity contribution in [1.29, 1.82) is 0 Å². The molecule has 0 N–H and O–H groups in total. The van der Waals surface area contributed by atoms with Crippen molar-refractivity contribution in [3.8, 4) is 18.1 Å². The molecule has 0 unspecified atom stereocenters. The van der Waals surface area contributed by atoms with Gasteiger partial charge in [0.05, 0.1) is 4.88 Å². The molecule has 0 amide bonds. The lowest BCUT2D eigenvalue weighted by Gasteiger charge is -1.94. The van der Waals surface area contributed by atoms with Gasteiger partial charge in [-0.05, 0) is 0 Å². The summed E-state index contributed by atoms with van der Waals surface area (Å²) in [6.07, 6.45) is 5.76. The SMILES string of the molecule is C#CCOc1csc(C=O)c1. The number of carbonyl (C=O) groups excluding carboxylic acids is 1. The van der Waals surface area contributed by atoms with Crippen LogP contribution < -0.4 is 4.74 Å². The summed E-state index contributed by atoms with van der Waals surface area (Å²) in [6, 6.07) is 1.66. The Morgan fingerprint density at radius 2 is 2.64 bits per heavy atom. The Labute approximate surface area is 68.8 Å². The Hall–Kier alpha value is -1.27. The highest BCUT2D eigenvalue weighted by atomic mass is 32.1. The van der Waals surface area contributed by atoms with Crippen LogP contribution in [-0.2, 0) is 0 Å². The summed E-state index contributed by atoms with van der Waals surface area (Å²) >= 11 is 1.34. The van der Waals surface area contributed by atoms with Crippen molar-refractivity contribution in [2.24, 2.45) is 0 Å². The zero-order valence-electron chi connectivity index (χ0n) is 5.74. The molecule has 0 fully saturated rings. The van der Waals surface area contributed by atoms with Gasteiger partial charge in [0, 0.05) is 11.4 Å². The molecule has 11 heavy (non-hydrogen) atoms. The number of rotatable bonds is 3. The van der Waals surface area contributed by atoms with Gasteiger partial charge in [-0.25, -0.2) is 0 Å². The van der Waals surface area contributed by atoms with E-state index in [9.17, 15) is 4.79 Å². The highest BCUT2D eigenvalue weighted by Crippen LogP contribution is 2.19. The lowest BCUT2D eigenvalue weighted by molar-refractivity contribution is 0.112. The zero-order chi connectivity index (χ0) is 8.10. The van der Waals surface area contributed by atoms with Gasteiger partial charge in [-0.15, -0.1) is 17.8 Å². The number of thiophene rings is 1. The van der Waals surface area contributed by atoms with Crippen LogP contribution in [0.15, 0.2) is 11.4 Å². The van der Waals surface area contributed by atoms with Crippen LogP contribution in [0.3, 0.4) is 0 Å². The lowest BCUT2D eigenvalue weighted by atomic mass is 10.5. The van der Waals surface area contributed by atoms with Crippen LogP contribution in [0.4, 0.5) is 0 Å². The minimum absolute atomic E-state index is 0.245. The predicted molar refractivity (Wildman–Crippen MR) is 44.0 cm³/mol. The van der Waals surface area contributed by atoms with Gasteiger partial charge >= 0.3 is 0 Å². The van der Waals surface area contributed by atoms with E-state index in [2.05, 4.69) is 5.92 Å². The summed E-state index contributed by atoms with van der Waals surface area (Å²) in [5.41, 5.74) is 0. The maximum absolute atomic E-state index is 10.2. The first-order valence-corrected chi connectivity index (χ1v) is 3.84. The molecule has 2 nitrogen and oxygen atoms in total. The maximum atomic E-state index is 10.2. The normalized spacial score (nSPS) is 8.64. The number of ether oxygens (including phenoxy) is 1. The first kappa shape index (κ1) is 7.83. The molecule has 1 aromatic heterocycles. The van der Waals surface area contributed by atoms with Crippen molar-refractivity contribution in [3.63, 3.8) is 0 Å². The number of aldehydes is 1. The highest BCUT2D eigenvalue weighted by Gasteiger charge is 1.97. The van der Waals surface area contributed by atoms with Crippen molar-refractivity contribution in [2.75, 3.05) is 6.61 Å². The van der Waals surface area contributed by atoms with Gasteiger partial charge in [0.2, 0.25) is 0 Å². The maximum Gasteiger partial charge on any atom is 0.160 e. The molecule has 56 valence electrons.